The van der Waals surface area contributed by atoms with Crippen molar-refractivity contribution in [3.8, 4) is 5.75 Å². The van der Waals surface area contributed by atoms with Crippen LogP contribution in [-0.4, -0.2) is 64.6 Å². The average Bonchev–Trinajstić information content (AvgIpc) is 3.15. The Balaban J connectivity index is 1.78. The van der Waals surface area contributed by atoms with Gasteiger partial charge in [0.1, 0.15) is 10.6 Å². The van der Waals surface area contributed by atoms with Gasteiger partial charge in [0.15, 0.2) is 0 Å². The first-order valence-corrected chi connectivity index (χ1v) is 10.2. The first-order chi connectivity index (χ1) is 12.5. The van der Waals surface area contributed by atoms with Crippen LogP contribution in [0, 0.1) is 0 Å². The molecule has 2 saturated heterocycles. The van der Waals surface area contributed by atoms with Gasteiger partial charge in [-0.3, -0.25) is 4.79 Å². The molecule has 8 nitrogen and oxygen atoms in total. The summed E-state index contributed by atoms with van der Waals surface area (Å²) >= 11 is 0. The third-order valence-electron chi connectivity index (χ3n) is 4.63. The van der Waals surface area contributed by atoms with Crippen LogP contribution in [-0.2, 0) is 19.6 Å². The fraction of sp³-hybridized carbons (Fsp3) is 0.588. The molecule has 26 heavy (non-hydrogen) atoms. The van der Waals surface area contributed by atoms with Crippen molar-refractivity contribution in [3.05, 3.63) is 18.2 Å². The number of rotatable bonds is 6. The van der Waals surface area contributed by atoms with E-state index in [-0.39, 0.29) is 22.6 Å². The number of carbonyl (C=O) groups excluding carboxylic acids is 1. The highest BCUT2D eigenvalue weighted by atomic mass is 32.2. The number of ether oxygens (including phenoxy) is 2. The Bertz CT molecular complexity index is 741. The summed E-state index contributed by atoms with van der Waals surface area (Å²) < 4.78 is 37.7. The number of carbonyl (C=O) groups is 1. The number of benzene rings is 1. The molecule has 0 spiro atoms. The van der Waals surface area contributed by atoms with Crippen molar-refractivity contribution in [2.75, 3.05) is 45.3 Å². The van der Waals surface area contributed by atoms with Gasteiger partial charge < -0.3 is 20.1 Å². The Morgan fingerprint density at radius 2 is 2.15 bits per heavy atom. The van der Waals surface area contributed by atoms with E-state index in [9.17, 15) is 13.2 Å². The van der Waals surface area contributed by atoms with Crippen molar-refractivity contribution < 1.29 is 22.7 Å². The molecule has 1 atom stereocenters. The smallest absolute Gasteiger partial charge is 0.246 e. The molecule has 1 aromatic carbocycles. The average molecular weight is 383 g/mol. The van der Waals surface area contributed by atoms with Gasteiger partial charge in [-0.25, -0.2) is 8.42 Å². The molecule has 3 rings (SSSR count). The van der Waals surface area contributed by atoms with Crippen LogP contribution in [0.3, 0.4) is 0 Å². The summed E-state index contributed by atoms with van der Waals surface area (Å²) in [5, 5.41) is 6.07. The molecule has 9 heteroatoms. The van der Waals surface area contributed by atoms with Crippen molar-refractivity contribution >= 4 is 21.6 Å². The Morgan fingerprint density at radius 1 is 1.38 bits per heavy atom. The predicted molar refractivity (Wildman–Crippen MR) is 96.8 cm³/mol. The van der Waals surface area contributed by atoms with E-state index in [0.717, 1.165) is 19.4 Å². The molecule has 2 fully saturated rings. The number of amides is 1. The minimum absolute atomic E-state index is 0.0543. The van der Waals surface area contributed by atoms with Crippen molar-refractivity contribution in [3.63, 3.8) is 0 Å². The maximum absolute atomic E-state index is 13.0. The van der Waals surface area contributed by atoms with Crippen LogP contribution in [0.4, 0.5) is 5.69 Å². The van der Waals surface area contributed by atoms with Gasteiger partial charge in [-0.15, -0.1) is 0 Å². The molecule has 1 amide bonds. The van der Waals surface area contributed by atoms with Gasteiger partial charge in [0.25, 0.3) is 0 Å². The zero-order chi connectivity index (χ0) is 18.6. The van der Waals surface area contributed by atoms with E-state index in [1.807, 2.05) is 0 Å². The Kier molecular flexibility index (Phi) is 6.13. The molecule has 0 aliphatic carbocycles. The topological polar surface area (TPSA) is 97.0 Å². The van der Waals surface area contributed by atoms with Crippen LogP contribution in [0.2, 0.25) is 0 Å². The van der Waals surface area contributed by atoms with Gasteiger partial charge in [-0.2, -0.15) is 4.31 Å². The van der Waals surface area contributed by atoms with Gasteiger partial charge >= 0.3 is 0 Å². The van der Waals surface area contributed by atoms with E-state index >= 15 is 0 Å². The number of hydrogen-bond acceptors (Lipinski definition) is 6. The summed E-state index contributed by atoms with van der Waals surface area (Å²) in [7, 11) is -2.29. The first-order valence-electron chi connectivity index (χ1n) is 8.80. The third-order valence-corrected chi connectivity index (χ3v) is 6.55. The van der Waals surface area contributed by atoms with E-state index in [1.54, 1.807) is 12.1 Å². The molecule has 1 unspecified atom stereocenters. The van der Waals surface area contributed by atoms with Gasteiger partial charge in [-0.1, -0.05) is 0 Å². The first kappa shape index (κ1) is 19.1. The number of sulfonamides is 1. The molecule has 0 bridgehead atoms. The highest BCUT2D eigenvalue weighted by Crippen LogP contribution is 2.30. The van der Waals surface area contributed by atoms with Crippen LogP contribution in [0.15, 0.2) is 23.1 Å². The largest absolute Gasteiger partial charge is 0.495 e. The monoisotopic (exact) mass is 383 g/mol. The minimum Gasteiger partial charge on any atom is -0.495 e. The quantitative estimate of drug-likeness (QED) is 0.754. The molecule has 2 aliphatic rings. The summed E-state index contributed by atoms with van der Waals surface area (Å²) in [4.78, 5) is 12.3. The van der Waals surface area contributed by atoms with E-state index in [2.05, 4.69) is 10.6 Å². The van der Waals surface area contributed by atoms with Crippen LogP contribution in [0.5, 0.6) is 5.75 Å². The Hall–Kier alpha value is -1.68. The van der Waals surface area contributed by atoms with Crippen molar-refractivity contribution in [1.29, 1.82) is 0 Å². The zero-order valence-corrected chi connectivity index (χ0v) is 15.7. The van der Waals surface area contributed by atoms with Crippen LogP contribution < -0.4 is 15.4 Å². The summed E-state index contributed by atoms with van der Waals surface area (Å²) in [6.07, 6.45) is 2.42. The molecule has 1 aromatic rings. The third kappa shape index (κ3) is 4.35. The fourth-order valence-electron chi connectivity index (χ4n) is 3.25. The lowest BCUT2D eigenvalue weighted by atomic mass is 10.1. The van der Waals surface area contributed by atoms with Gasteiger partial charge in [-0.05, 0) is 37.6 Å². The SMILES string of the molecule is COc1ccc(NC(=O)CC2CCCN2)cc1S(=O)(=O)N1CCOCC1. The second kappa shape index (κ2) is 8.34. The van der Waals surface area contributed by atoms with E-state index in [1.165, 1.54) is 17.5 Å². The summed E-state index contributed by atoms with van der Waals surface area (Å²) in [6, 6.07) is 4.86. The summed E-state index contributed by atoms with van der Waals surface area (Å²) in [5.41, 5.74) is 0.445. The van der Waals surface area contributed by atoms with Gasteiger partial charge in [0.05, 0.1) is 20.3 Å². The normalized spacial score (nSPS) is 21.5. The second-order valence-electron chi connectivity index (χ2n) is 6.43. The molecule has 2 aliphatic heterocycles. The molecule has 0 saturated carbocycles. The number of methoxy groups -OCH3 is 1. The van der Waals surface area contributed by atoms with Crippen LogP contribution >= 0.6 is 0 Å². The van der Waals surface area contributed by atoms with Crippen LogP contribution in [0.1, 0.15) is 19.3 Å². The minimum atomic E-state index is -3.72. The van der Waals surface area contributed by atoms with Gasteiger partial charge in [0, 0.05) is 31.2 Å². The van der Waals surface area contributed by atoms with Crippen LogP contribution in [0.25, 0.3) is 0 Å². The molecule has 2 N–H and O–H groups in total. The number of anilines is 1. The number of hydrogen-bond donors (Lipinski definition) is 2. The molecule has 2 heterocycles. The Labute approximate surface area is 153 Å². The Morgan fingerprint density at radius 3 is 2.81 bits per heavy atom. The van der Waals surface area contributed by atoms with E-state index < -0.39 is 10.0 Å². The molecular formula is C17H25N3O5S. The molecular weight excluding hydrogens is 358 g/mol. The molecule has 0 aromatic heterocycles. The van der Waals surface area contributed by atoms with Crippen molar-refractivity contribution in [1.82, 2.24) is 9.62 Å². The highest BCUT2D eigenvalue weighted by Gasteiger charge is 2.29. The van der Waals surface area contributed by atoms with Gasteiger partial charge in [0.2, 0.25) is 15.9 Å². The lowest BCUT2D eigenvalue weighted by Gasteiger charge is -2.26. The van der Waals surface area contributed by atoms with E-state index in [0.29, 0.717) is 38.4 Å². The standard InChI is InChI=1S/C17H25N3O5S/c1-24-15-5-4-14(19-17(21)12-13-3-2-6-18-13)11-16(15)26(22,23)20-7-9-25-10-8-20/h4-5,11,13,18H,2-3,6-10,12H2,1H3,(H,19,21). The predicted octanol–water partition coefficient (Wildman–Crippen LogP) is 0.797. The highest BCUT2D eigenvalue weighted by molar-refractivity contribution is 7.89. The maximum Gasteiger partial charge on any atom is 0.246 e. The second-order valence-corrected chi connectivity index (χ2v) is 8.33. The number of nitrogens with one attached hydrogen (secondary N) is 2. The lowest BCUT2D eigenvalue weighted by Crippen LogP contribution is -2.40. The number of morpholine rings is 1. The number of nitrogens with zero attached hydrogens (tertiary/aromatic N) is 1. The maximum atomic E-state index is 13.0. The molecule has 0 radical (unpaired) electrons. The fourth-order valence-corrected chi connectivity index (χ4v) is 4.84. The zero-order valence-electron chi connectivity index (χ0n) is 14.9. The summed E-state index contributed by atoms with van der Waals surface area (Å²) in [6.45, 7) is 2.27. The van der Waals surface area contributed by atoms with Crippen molar-refractivity contribution in [2.24, 2.45) is 0 Å². The van der Waals surface area contributed by atoms with E-state index in [4.69, 9.17) is 9.47 Å². The lowest BCUT2D eigenvalue weighted by molar-refractivity contribution is -0.116. The van der Waals surface area contributed by atoms with Crippen molar-refractivity contribution in [2.45, 2.75) is 30.2 Å². The molecule has 144 valence electrons. The summed E-state index contributed by atoms with van der Waals surface area (Å²) in [5.74, 6) is 0.122.